The number of benzene rings is 1. The maximum atomic E-state index is 12.0. The van der Waals surface area contributed by atoms with Gasteiger partial charge in [-0.1, -0.05) is 0 Å². The standard InChI is InChI=1S/C15H12N4O5/c1-9(20)17-12-4-2-10(3-5-12)14(21)18-15(22)11-6-7-16-13(8-11)19(23)24/h2-8H,1H3,(H,17,20)(H,18,21,22). The Kier molecular flexibility index (Phi) is 4.95. The Hall–Kier alpha value is -3.62. The number of imide groups is 1. The highest BCUT2D eigenvalue weighted by Crippen LogP contribution is 2.11. The third kappa shape index (κ3) is 4.19. The maximum Gasteiger partial charge on any atom is 0.364 e. The number of nitrogens with zero attached hydrogens (tertiary/aromatic N) is 2. The van der Waals surface area contributed by atoms with Gasteiger partial charge in [0.2, 0.25) is 5.91 Å². The van der Waals surface area contributed by atoms with Gasteiger partial charge in [-0.25, -0.2) is 0 Å². The highest BCUT2D eigenvalue weighted by Gasteiger charge is 2.16. The van der Waals surface area contributed by atoms with Crippen LogP contribution < -0.4 is 10.6 Å². The minimum Gasteiger partial charge on any atom is -0.358 e. The summed E-state index contributed by atoms with van der Waals surface area (Å²) in [6, 6.07) is 8.12. The van der Waals surface area contributed by atoms with Crippen LogP contribution in [-0.2, 0) is 4.79 Å². The third-order valence-electron chi connectivity index (χ3n) is 2.89. The molecule has 0 aliphatic heterocycles. The van der Waals surface area contributed by atoms with Gasteiger partial charge >= 0.3 is 5.82 Å². The van der Waals surface area contributed by atoms with Gasteiger partial charge in [-0.05, 0) is 40.2 Å². The Labute approximate surface area is 135 Å². The van der Waals surface area contributed by atoms with Crippen molar-refractivity contribution in [2.24, 2.45) is 0 Å². The van der Waals surface area contributed by atoms with Crippen molar-refractivity contribution in [3.63, 3.8) is 0 Å². The molecule has 0 saturated heterocycles. The van der Waals surface area contributed by atoms with E-state index in [1.165, 1.54) is 37.3 Å². The van der Waals surface area contributed by atoms with Crippen molar-refractivity contribution in [3.8, 4) is 0 Å². The van der Waals surface area contributed by atoms with Gasteiger partial charge in [0.1, 0.15) is 6.20 Å². The second kappa shape index (κ2) is 7.09. The van der Waals surface area contributed by atoms with Gasteiger partial charge in [-0.3, -0.25) is 19.7 Å². The monoisotopic (exact) mass is 328 g/mol. The van der Waals surface area contributed by atoms with E-state index in [2.05, 4.69) is 15.6 Å². The number of carbonyl (C=O) groups is 3. The fraction of sp³-hybridized carbons (Fsp3) is 0.0667. The van der Waals surface area contributed by atoms with E-state index in [0.717, 1.165) is 12.3 Å². The van der Waals surface area contributed by atoms with Crippen molar-refractivity contribution in [1.29, 1.82) is 0 Å². The van der Waals surface area contributed by atoms with E-state index >= 15 is 0 Å². The minimum absolute atomic E-state index is 0.0556. The molecule has 0 radical (unpaired) electrons. The number of nitrogens with one attached hydrogen (secondary N) is 2. The van der Waals surface area contributed by atoms with E-state index in [9.17, 15) is 24.5 Å². The Balaban J connectivity index is 2.08. The average Bonchev–Trinajstić information content (AvgIpc) is 2.55. The van der Waals surface area contributed by atoms with Crippen LogP contribution in [0.1, 0.15) is 27.6 Å². The molecule has 0 saturated carbocycles. The zero-order valence-corrected chi connectivity index (χ0v) is 12.5. The number of anilines is 1. The van der Waals surface area contributed by atoms with Gasteiger partial charge in [0.25, 0.3) is 11.8 Å². The van der Waals surface area contributed by atoms with E-state index in [-0.39, 0.29) is 17.0 Å². The first kappa shape index (κ1) is 16.7. The van der Waals surface area contributed by atoms with Gasteiger partial charge in [-0.15, -0.1) is 0 Å². The molecule has 24 heavy (non-hydrogen) atoms. The van der Waals surface area contributed by atoms with E-state index in [1.54, 1.807) is 0 Å². The van der Waals surface area contributed by atoms with Gasteiger partial charge in [0.15, 0.2) is 0 Å². The van der Waals surface area contributed by atoms with Gasteiger partial charge in [-0.2, -0.15) is 0 Å². The van der Waals surface area contributed by atoms with Crippen molar-refractivity contribution in [2.45, 2.75) is 6.92 Å². The lowest BCUT2D eigenvalue weighted by Gasteiger charge is -2.06. The van der Waals surface area contributed by atoms with E-state index < -0.39 is 22.6 Å². The van der Waals surface area contributed by atoms with Crippen LogP contribution in [-0.4, -0.2) is 27.6 Å². The van der Waals surface area contributed by atoms with Crippen LogP contribution in [0.3, 0.4) is 0 Å². The van der Waals surface area contributed by atoms with Crippen LogP contribution in [0.5, 0.6) is 0 Å². The topological polar surface area (TPSA) is 131 Å². The van der Waals surface area contributed by atoms with Crippen LogP contribution in [0.15, 0.2) is 42.6 Å². The van der Waals surface area contributed by atoms with E-state index in [4.69, 9.17) is 0 Å². The SMILES string of the molecule is CC(=O)Nc1ccc(C(=O)NC(=O)c2ccnc([N+](=O)[O-])c2)cc1. The van der Waals surface area contributed by atoms with Crippen molar-refractivity contribution >= 4 is 29.2 Å². The lowest BCUT2D eigenvalue weighted by molar-refractivity contribution is -0.389. The molecule has 0 unspecified atom stereocenters. The number of pyridine rings is 1. The normalized spacial score (nSPS) is 9.88. The van der Waals surface area contributed by atoms with Crippen LogP contribution in [0.4, 0.5) is 11.5 Å². The second-order valence-corrected chi connectivity index (χ2v) is 4.70. The fourth-order valence-corrected chi connectivity index (χ4v) is 1.82. The predicted octanol–water partition coefficient (Wildman–Crippen LogP) is 1.52. The molecule has 2 aromatic rings. The zero-order chi connectivity index (χ0) is 17.7. The van der Waals surface area contributed by atoms with Crippen molar-refractivity contribution in [2.75, 3.05) is 5.32 Å². The Bertz CT molecular complexity index is 817. The number of rotatable bonds is 4. The number of amides is 3. The summed E-state index contributed by atoms with van der Waals surface area (Å²) < 4.78 is 0. The van der Waals surface area contributed by atoms with E-state index in [0.29, 0.717) is 5.69 Å². The highest BCUT2D eigenvalue weighted by atomic mass is 16.6. The van der Waals surface area contributed by atoms with Gasteiger partial charge in [0, 0.05) is 24.2 Å². The van der Waals surface area contributed by atoms with Crippen molar-refractivity contribution in [1.82, 2.24) is 10.3 Å². The predicted molar refractivity (Wildman–Crippen MR) is 83.4 cm³/mol. The molecule has 9 heteroatoms. The van der Waals surface area contributed by atoms with Crippen LogP contribution in [0.2, 0.25) is 0 Å². The third-order valence-corrected chi connectivity index (χ3v) is 2.89. The molecular formula is C15H12N4O5. The molecule has 122 valence electrons. The average molecular weight is 328 g/mol. The molecule has 2 N–H and O–H groups in total. The lowest BCUT2D eigenvalue weighted by Crippen LogP contribution is -2.30. The number of hydrogen-bond acceptors (Lipinski definition) is 6. The smallest absolute Gasteiger partial charge is 0.358 e. The molecule has 0 aliphatic rings. The van der Waals surface area contributed by atoms with E-state index in [1.807, 2.05) is 0 Å². The molecule has 1 aromatic carbocycles. The Morgan fingerprint density at radius 3 is 2.25 bits per heavy atom. The molecule has 1 heterocycles. The van der Waals surface area contributed by atoms with Gasteiger partial charge in [0.05, 0.1) is 5.56 Å². The summed E-state index contributed by atoms with van der Waals surface area (Å²) in [4.78, 5) is 48.3. The quantitative estimate of drug-likeness (QED) is 0.497. The van der Waals surface area contributed by atoms with Crippen molar-refractivity contribution in [3.05, 3.63) is 63.8 Å². The fourth-order valence-electron chi connectivity index (χ4n) is 1.82. The second-order valence-electron chi connectivity index (χ2n) is 4.70. The maximum absolute atomic E-state index is 12.0. The molecule has 1 aromatic heterocycles. The minimum atomic E-state index is -0.781. The molecule has 0 aliphatic carbocycles. The largest absolute Gasteiger partial charge is 0.364 e. The summed E-state index contributed by atoms with van der Waals surface area (Å²) >= 11 is 0. The number of aromatic nitrogens is 1. The molecule has 9 nitrogen and oxygen atoms in total. The summed E-state index contributed by atoms with van der Waals surface area (Å²) in [7, 11) is 0. The molecule has 3 amide bonds. The summed E-state index contributed by atoms with van der Waals surface area (Å²) in [5.74, 6) is -2.19. The molecule has 0 bridgehead atoms. The first-order chi connectivity index (χ1) is 11.4. The number of hydrogen-bond donors (Lipinski definition) is 2. The number of nitro groups is 1. The Morgan fingerprint density at radius 2 is 1.67 bits per heavy atom. The Morgan fingerprint density at radius 1 is 1.04 bits per heavy atom. The number of carbonyl (C=O) groups excluding carboxylic acids is 3. The summed E-state index contributed by atoms with van der Waals surface area (Å²) in [5.41, 5.74) is 0.649. The summed E-state index contributed by atoms with van der Waals surface area (Å²) in [6.45, 7) is 1.35. The molecule has 2 rings (SSSR count). The van der Waals surface area contributed by atoms with Crippen LogP contribution in [0, 0.1) is 10.1 Å². The lowest BCUT2D eigenvalue weighted by atomic mass is 10.2. The zero-order valence-electron chi connectivity index (χ0n) is 12.5. The molecule has 0 spiro atoms. The summed E-state index contributed by atoms with van der Waals surface area (Å²) in [6.07, 6.45) is 1.11. The first-order valence-corrected chi connectivity index (χ1v) is 6.70. The first-order valence-electron chi connectivity index (χ1n) is 6.70. The van der Waals surface area contributed by atoms with Gasteiger partial charge < -0.3 is 15.4 Å². The highest BCUT2D eigenvalue weighted by molar-refractivity contribution is 6.10. The van der Waals surface area contributed by atoms with Crippen LogP contribution in [0.25, 0.3) is 0 Å². The molecular weight excluding hydrogens is 316 g/mol. The van der Waals surface area contributed by atoms with Crippen LogP contribution >= 0.6 is 0 Å². The van der Waals surface area contributed by atoms with Crippen molar-refractivity contribution < 1.29 is 19.3 Å². The molecule has 0 fully saturated rings. The summed E-state index contributed by atoms with van der Waals surface area (Å²) in [5, 5.41) is 15.3. The molecule has 0 atom stereocenters.